The monoisotopic (exact) mass is 221 g/mol. The van der Waals surface area contributed by atoms with E-state index < -0.39 is 10.1 Å². The molecule has 13 heavy (non-hydrogen) atoms. The summed E-state index contributed by atoms with van der Waals surface area (Å²) in [6.45, 7) is 1.47. The number of hydrogen-bond donors (Lipinski definition) is 2. The lowest BCUT2D eigenvalue weighted by molar-refractivity contribution is 0.482. The number of halogens is 1. The van der Waals surface area contributed by atoms with Gasteiger partial charge in [0.15, 0.2) is 0 Å². The molecule has 4 nitrogen and oxygen atoms in total. The summed E-state index contributed by atoms with van der Waals surface area (Å²) in [7, 11) is -4.21. The van der Waals surface area contributed by atoms with Crippen molar-refractivity contribution in [1.82, 2.24) is 0 Å². The summed E-state index contributed by atoms with van der Waals surface area (Å²) < 4.78 is 30.3. The van der Waals surface area contributed by atoms with Crippen molar-refractivity contribution in [1.29, 1.82) is 0 Å². The van der Waals surface area contributed by atoms with Crippen LogP contribution in [0.3, 0.4) is 0 Å². The Hall–Kier alpha value is -0.780. The standard InChI is InChI=1S/C7H8ClNO3S/c1-4-6(13(10,11)12)3-2-5(9)7(4)8/h2-3H,9H2,1H3,(H,10,11,12). The van der Waals surface area contributed by atoms with Gasteiger partial charge in [0.05, 0.1) is 15.6 Å². The first-order valence-corrected chi connectivity index (χ1v) is 5.18. The summed E-state index contributed by atoms with van der Waals surface area (Å²) in [5, 5.41) is 0.148. The van der Waals surface area contributed by atoms with Crippen LogP contribution < -0.4 is 5.73 Å². The number of rotatable bonds is 1. The van der Waals surface area contributed by atoms with Gasteiger partial charge in [0.1, 0.15) is 0 Å². The highest BCUT2D eigenvalue weighted by Gasteiger charge is 2.15. The molecule has 0 saturated heterocycles. The highest BCUT2D eigenvalue weighted by Crippen LogP contribution is 2.28. The van der Waals surface area contributed by atoms with Gasteiger partial charge in [-0.25, -0.2) is 0 Å². The van der Waals surface area contributed by atoms with Crippen molar-refractivity contribution in [2.24, 2.45) is 0 Å². The number of hydrogen-bond acceptors (Lipinski definition) is 3. The molecule has 0 heterocycles. The van der Waals surface area contributed by atoms with Crippen molar-refractivity contribution in [2.75, 3.05) is 5.73 Å². The van der Waals surface area contributed by atoms with Gasteiger partial charge < -0.3 is 5.73 Å². The van der Waals surface area contributed by atoms with Crippen molar-refractivity contribution < 1.29 is 13.0 Å². The van der Waals surface area contributed by atoms with Crippen LogP contribution in [0.1, 0.15) is 5.56 Å². The third-order valence-electron chi connectivity index (χ3n) is 1.64. The van der Waals surface area contributed by atoms with Crippen molar-refractivity contribution in [3.8, 4) is 0 Å². The van der Waals surface area contributed by atoms with Crippen LogP contribution in [-0.4, -0.2) is 13.0 Å². The Bertz CT molecular complexity index is 441. The van der Waals surface area contributed by atoms with Gasteiger partial charge in [-0.1, -0.05) is 11.6 Å². The predicted molar refractivity (Wildman–Crippen MR) is 50.4 cm³/mol. The van der Waals surface area contributed by atoms with Gasteiger partial charge >= 0.3 is 0 Å². The highest BCUT2D eigenvalue weighted by atomic mass is 35.5. The van der Waals surface area contributed by atoms with Crippen molar-refractivity contribution in [3.63, 3.8) is 0 Å². The number of nitrogen functional groups attached to an aromatic ring is 1. The molecular weight excluding hydrogens is 214 g/mol. The summed E-state index contributed by atoms with van der Waals surface area (Å²) in [6, 6.07) is 2.55. The van der Waals surface area contributed by atoms with Gasteiger partial charge in [-0.2, -0.15) is 8.42 Å². The lowest BCUT2D eigenvalue weighted by Gasteiger charge is -2.06. The van der Waals surface area contributed by atoms with Gasteiger partial charge in [-0.3, -0.25) is 4.55 Å². The Morgan fingerprint density at radius 1 is 1.46 bits per heavy atom. The van der Waals surface area contributed by atoms with Gasteiger partial charge in [0, 0.05) is 0 Å². The van der Waals surface area contributed by atoms with Crippen LogP contribution in [0.4, 0.5) is 5.69 Å². The molecule has 0 saturated carbocycles. The van der Waals surface area contributed by atoms with E-state index in [-0.39, 0.29) is 21.2 Å². The van der Waals surface area contributed by atoms with Crippen molar-refractivity contribution >= 4 is 27.4 Å². The Labute approximate surface area is 81.1 Å². The van der Waals surface area contributed by atoms with E-state index in [0.29, 0.717) is 0 Å². The van der Waals surface area contributed by atoms with E-state index in [1.165, 1.54) is 19.1 Å². The highest BCUT2D eigenvalue weighted by molar-refractivity contribution is 7.85. The molecule has 0 aliphatic rings. The average Bonchev–Trinajstić information content (AvgIpc) is 1.98. The van der Waals surface area contributed by atoms with Crippen LogP contribution in [0.15, 0.2) is 17.0 Å². The average molecular weight is 222 g/mol. The third kappa shape index (κ3) is 1.93. The second-order valence-corrected chi connectivity index (χ2v) is 4.33. The lowest BCUT2D eigenvalue weighted by atomic mass is 10.2. The molecule has 1 aromatic rings. The Kier molecular flexibility index (Phi) is 2.51. The predicted octanol–water partition coefficient (Wildman–Crippen LogP) is 1.48. The molecule has 72 valence electrons. The molecule has 0 aliphatic heterocycles. The van der Waals surface area contributed by atoms with Crippen LogP contribution in [0.25, 0.3) is 0 Å². The maximum atomic E-state index is 10.8. The number of benzene rings is 1. The maximum Gasteiger partial charge on any atom is 0.294 e. The molecule has 0 atom stereocenters. The van der Waals surface area contributed by atoms with Gasteiger partial charge in [-0.15, -0.1) is 0 Å². The minimum atomic E-state index is -4.21. The van der Waals surface area contributed by atoms with Gasteiger partial charge in [0.25, 0.3) is 10.1 Å². The number of anilines is 1. The zero-order valence-electron chi connectivity index (χ0n) is 6.78. The van der Waals surface area contributed by atoms with E-state index in [2.05, 4.69) is 0 Å². The Morgan fingerprint density at radius 3 is 2.46 bits per heavy atom. The minimum absolute atomic E-state index is 0.148. The molecule has 0 aromatic heterocycles. The van der Waals surface area contributed by atoms with E-state index in [1.54, 1.807) is 0 Å². The van der Waals surface area contributed by atoms with E-state index in [0.717, 1.165) is 0 Å². The molecule has 0 spiro atoms. The summed E-state index contributed by atoms with van der Waals surface area (Å²) >= 11 is 5.69. The molecule has 0 fully saturated rings. The van der Waals surface area contributed by atoms with Crippen LogP contribution in [0.2, 0.25) is 5.02 Å². The third-order valence-corrected chi connectivity index (χ3v) is 3.14. The summed E-state index contributed by atoms with van der Waals surface area (Å²) in [5.74, 6) is 0. The zero-order chi connectivity index (χ0) is 10.2. The van der Waals surface area contributed by atoms with Crippen LogP contribution in [0.5, 0.6) is 0 Å². The zero-order valence-corrected chi connectivity index (χ0v) is 8.35. The second-order valence-electron chi connectivity index (χ2n) is 2.57. The molecule has 3 N–H and O–H groups in total. The smallest absolute Gasteiger partial charge is 0.294 e. The van der Waals surface area contributed by atoms with E-state index in [1.807, 2.05) is 0 Å². The molecule has 0 radical (unpaired) electrons. The van der Waals surface area contributed by atoms with Gasteiger partial charge in [0.2, 0.25) is 0 Å². The maximum absolute atomic E-state index is 10.8. The molecule has 1 rings (SSSR count). The van der Waals surface area contributed by atoms with Crippen molar-refractivity contribution in [3.05, 3.63) is 22.7 Å². The van der Waals surface area contributed by atoms with E-state index >= 15 is 0 Å². The topological polar surface area (TPSA) is 80.4 Å². The molecule has 0 amide bonds. The first kappa shape index (κ1) is 10.3. The number of nitrogens with two attached hydrogens (primary N) is 1. The summed E-state index contributed by atoms with van der Waals surface area (Å²) in [6.07, 6.45) is 0. The Balaban J connectivity index is 3.53. The van der Waals surface area contributed by atoms with Crippen LogP contribution >= 0.6 is 11.6 Å². The van der Waals surface area contributed by atoms with Gasteiger partial charge in [-0.05, 0) is 24.6 Å². The minimum Gasteiger partial charge on any atom is -0.398 e. The summed E-state index contributed by atoms with van der Waals surface area (Å²) in [5.41, 5.74) is 5.96. The molecule has 0 aliphatic carbocycles. The lowest BCUT2D eigenvalue weighted by Crippen LogP contribution is -2.02. The molecular formula is C7H8ClNO3S. The SMILES string of the molecule is Cc1c(S(=O)(=O)O)ccc(N)c1Cl. The quantitative estimate of drug-likeness (QED) is 0.556. The second kappa shape index (κ2) is 3.17. The normalized spacial score (nSPS) is 11.6. The first-order valence-electron chi connectivity index (χ1n) is 3.36. The van der Waals surface area contributed by atoms with Crippen LogP contribution in [0, 0.1) is 6.92 Å². The first-order chi connectivity index (χ1) is 5.84. The van der Waals surface area contributed by atoms with Crippen LogP contribution in [-0.2, 0) is 10.1 Å². The molecule has 0 unspecified atom stereocenters. The largest absolute Gasteiger partial charge is 0.398 e. The fourth-order valence-corrected chi connectivity index (χ4v) is 1.92. The Morgan fingerprint density at radius 2 is 2.00 bits per heavy atom. The van der Waals surface area contributed by atoms with E-state index in [4.69, 9.17) is 21.9 Å². The van der Waals surface area contributed by atoms with E-state index in [9.17, 15) is 8.42 Å². The molecule has 1 aromatic carbocycles. The van der Waals surface area contributed by atoms with Crippen molar-refractivity contribution in [2.45, 2.75) is 11.8 Å². The fraction of sp³-hybridized carbons (Fsp3) is 0.143. The fourth-order valence-electron chi connectivity index (χ4n) is 0.968. The molecule has 6 heteroatoms. The summed E-state index contributed by atoms with van der Waals surface area (Å²) in [4.78, 5) is -0.216. The molecule has 0 bridgehead atoms.